The predicted octanol–water partition coefficient (Wildman–Crippen LogP) is 1.95. The quantitative estimate of drug-likeness (QED) is 0.850. The number of amides is 1. The largest absolute Gasteiger partial charge is 0.355 e. The number of aromatic nitrogens is 2. The zero-order valence-electron chi connectivity index (χ0n) is 14.5. The van der Waals surface area contributed by atoms with Crippen molar-refractivity contribution < 1.29 is 9.18 Å². The molecule has 1 aromatic heterocycles. The first kappa shape index (κ1) is 19.4. The van der Waals surface area contributed by atoms with E-state index in [1.807, 2.05) is 26.4 Å². The Labute approximate surface area is 153 Å². The van der Waals surface area contributed by atoms with Gasteiger partial charge in [0.2, 0.25) is 5.91 Å². The van der Waals surface area contributed by atoms with Crippen molar-refractivity contribution in [3.63, 3.8) is 0 Å². The Bertz CT molecular complexity index is 734. The van der Waals surface area contributed by atoms with Crippen molar-refractivity contribution in [2.24, 2.45) is 13.0 Å². The molecular weight excluding hydrogens is 343 g/mol. The van der Waals surface area contributed by atoms with Crippen molar-refractivity contribution in [3.05, 3.63) is 53.1 Å². The van der Waals surface area contributed by atoms with E-state index in [4.69, 9.17) is 0 Å². The molecule has 0 aliphatic carbocycles. The third kappa shape index (κ3) is 4.58. The van der Waals surface area contributed by atoms with Gasteiger partial charge in [0.25, 0.3) is 0 Å². The van der Waals surface area contributed by atoms with Crippen LogP contribution in [0.25, 0.3) is 0 Å². The minimum atomic E-state index is -0.225. The monoisotopic (exact) mass is 366 g/mol. The van der Waals surface area contributed by atoms with Crippen molar-refractivity contribution in [3.8, 4) is 0 Å². The molecule has 136 valence electrons. The predicted molar refractivity (Wildman–Crippen MR) is 97.4 cm³/mol. The smallest absolute Gasteiger partial charge is 0.225 e. The van der Waals surface area contributed by atoms with Crippen LogP contribution in [0, 0.1) is 18.7 Å². The summed E-state index contributed by atoms with van der Waals surface area (Å²) < 4.78 is 14.9. The molecule has 0 radical (unpaired) electrons. The molecule has 1 aliphatic heterocycles. The summed E-state index contributed by atoms with van der Waals surface area (Å²) in [6.07, 6.45) is 4.51. The Morgan fingerprint density at radius 3 is 2.92 bits per heavy atom. The number of aryl methyl sites for hydroxylation is 2. The molecule has 0 unspecified atom stereocenters. The van der Waals surface area contributed by atoms with E-state index in [1.165, 1.54) is 12.1 Å². The Kier molecular flexibility index (Phi) is 6.56. The molecular formula is C18H24ClFN4O. The van der Waals surface area contributed by atoms with Crippen LogP contribution < -0.4 is 10.6 Å². The molecule has 1 fully saturated rings. The highest BCUT2D eigenvalue weighted by Gasteiger charge is 2.34. The number of carbonyl (C=O) groups excluding carboxylic acids is 1. The lowest BCUT2D eigenvalue weighted by atomic mass is 9.90. The van der Waals surface area contributed by atoms with Crippen LogP contribution in [-0.4, -0.2) is 35.3 Å². The van der Waals surface area contributed by atoms with Gasteiger partial charge in [-0.15, -0.1) is 12.4 Å². The number of benzene rings is 1. The second-order valence-electron chi connectivity index (χ2n) is 6.43. The average Bonchev–Trinajstić information content (AvgIpc) is 3.17. The second kappa shape index (κ2) is 8.45. The van der Waals surface area contributed by atoms with E-state index in [9.17, 15) is 9.18 Å². The number of hydrogen-bond acceptors (Lipinski definition) is 3. The van der Waals surface area contributed by atoms with Crippen molar-refractivity contribution in [1.29, 1.82) is 0 Å². The van der Waals surface area contributed by atoms with Gasteiger partial charge in [0.15, 0.2) is 0 Å². The molecule has 0 bridgehead atoms. The summed E-state index contributed by atoms with van der Waals surface area (Å²) in [6.45, 7) is 3.92. The summed E-state index contributed by atoms with van der Waals surface area (Å²) in [7, 11) is 1.88. The molecule has 7 heteroatoms. The van der Waals surface area contributed by atoms with Crippen LogP contribution in [0.15, 0.2) is 30.6 Å². The van der Waals surface area contributed by atoms with Crippen LogP contribution in [0.4, 0.5) is 4.39 Å². The molecule has 2 heterocycles. The molecule has 0 spiro atoms. The molecule has 2 N–H and O–H groups in total. The van der Waals surface area contributed by atoms with Gasteiger partial charge in [-0.05, 0) is 42.2 Å². The van der Waals surface area contributed by atoms with E-state index in [0.29, 0.717) is 19.5 Å². The summed E-state index contributed by atoms with van der Waals surface area (Å²) in [5.74, 6) is -0.0833. The number of hydrogen-bond donors (Lipinski definition) is 2. The van der Waals surface area contributed by atoms with Crippen LogP contribution in [0.1, 0.15) is 22.6 Å². The van der Waals surface area contributed by atoms with Crippen LogP contribution in [0.5, 0.6) is 0 Å². The third-order valence-corrected chi connectivity index (χ3v) is 4.70. The van der Waals surface area contributed by atoms with Crippen LogP contribution >= 0.6 is 12.4 Å². The lowest BCUT2D eigenvalue weighted by molar-refractivity contribution is -0.124. The SMILES string of the molecule is Cc1cc(F)ccc1CCNC(=O)[C@H]1CNC[C@@H]1c1cnn(C)c1.Cl. The number of nitrogens with zero attached hydrogens (tertiary/aromatic N) is 2. The average molecular weight is 367 g/mol. The van der Waals surface area contributed by atoms with Crippen LogP contribution in [0.2, 0.25) is 0 Å². The molecule has 5 nitrogen and oxygen atoms in total. The molecule has 2 atom stereocenters. The highest BCUT2D eigenvalue weighted by Crippen LogP contribution is 2.27. The minimum Gasteiger partial charge on any atom is -0.355 e. The van der Waals surface area contributed by atoms with E-state index in [2.05, 4.69) is 15.7 Å². The number of carbonyl (C=O) groups is 1. The summed E-state index contributed by atoms with van der Waals surface area (Å²) in [5, 5.41) is 10.5. The highest BCUT2D eigenvalue weighted by atomic mass is 35.5. The first-order valence-electron chi connectivity index (χ1n) is 8.26. The molecule has 1 saturated heterocycles. The number of halogens is 2. The van der Waals surface area contributed by atoms with Gasteiger partial charge in [0.1, 0.15) is 5.82 Å². The lowest BCUT2D eigenvalue weighted by Crippen LogP contribution is -2.35. The van der Waals surface area contributed by atoms with Gasteiger partial charge in [-0.2, -0.15) is 5.10 Å². The molecule has 1 amide bonds. The van der Waals surface area contributed by atoms with Crippen LogP contribution in [-0.2, 0) is 18.3 Å². The summed E-state index contributed by atoms with van der Waals surface area (Å²) in [5.41, 5.74) is 3.07. The number of nitrogens with one attached hydrogen (secondary N) is 2. The highest BCUT2D eigenvalue weighted by molar-refractivity contribution is 5.85. The number of rotatable bonds is 5. The Morgan fingerprint density at radius 2 is 2.24 bits per heavy atom. The van der Waals surface area contributed by atoms with E-state index in [-0.39, 0.29) is 36.0 Å². The molecule has 1 aromatic carbocycles. The Balaban J connectivity index is 0.00000225. The zero-order chi connectivity index (χ0) is 17.1. The molecule has 2 aromatic rings. The van der Waals surface area contributed by atoms with Crippen molar-refractivity contribution >= 4 is 18.3 Å². The fraction of sp³-hybridized carbons (Fsp3) is 0.444. The zero-order valence-corrected chi connectivity index (χ0v) is 15.3. The van der Waals surface area contributed by atoms with E-state index in [0.717, 1.165) is 23.2 Å². The fourth-order valence-corrected chi connectivity index (χ4v) is 3.33. The molecule has 25 heavy (non-hydrogen) atoms. The maximum atomic E-state index is 13.1. The van der Waals surface area contributed by atoms with Gasteiger partial charge in [-0.1, -0.05) is 6.07 Å². The van der Waals surface area contributed by atoms with Gasteiger partial charge < -0.3 is 10.6 Å². The molecule has 3 rings (SSSR count). The lowest BCUT2D eigenvalue weighted by Gasteiger charge is -2.17. The van der Waals surface area contributed by atoms with E-state index >= 15 is 0 Å². The standard InChI is InChI=1S/C18H23FN4O.ClH/c1-12-7-15(19)4-3-13(12)5-6-21-18(24)17-10-20-9-16(17)14-8-22-23(2)11-14;/h3-4,7-8,11,16-17,20H,5-6,9-10H2,1-2H3,(H,21,24);1H/t16-,17+;/m1./s1. The maximum absolute atomic E-state index is 13.1. The fourth-order valence-electron chi connectivity index (χ4n) is 3.33. The van der Waals surface area contributed by atoms with Gasteiger partial charge in [-0.3, -0.25) is 9.48 Å². The van der Waals surface area contributed by atoms with Crippen LogP contribution in [0.3, 0.4) is 0 Å². The van der Waals surface area contributed by atoms with Crippen molar-refractivity contribution in [1.82, 2.24) is 20.4 Å². The molecule has 1 aliphatic rings. The first-order chi connectivity index (χ1) is 11.5. The van der Waals surface area contributed by atoms with Gasteiger partial charge in [-0.25, -0.2) is 4.39 Å². The van der Waals surface area contributed by atoms with Gasteiger partial charge in [0, 0.05) is 38.8 Å². The Hall–Kier alpha value is -1.92. The van der Waals surface area contributed by atoms with E-state index in [1.54, 1.807) is 10.7 Å². The van der Waals surface area contributed by atoms with Crippen molar-refractivity contribution in [2.75, 3.05) is 19.6 Å². The summed E-state index contributed by atoms with van der Waals surface area (Å²) >= 11 is 0. The molecule has 0 saturated carbocycles. The minimum absolute atomic E-state index is 0. The third-order valence-electron chi connectivity index (χ3n) is 4.70. The topological polar surface area (TPSA) is 59.0 Å². The summed E-state index contributed by atoms with van der Waals surface area (Å²) in [4.78, 5) is 12.5. The van der Waals surface area contributed by atoms with Crippen molar-refractivity contribution in [2.45, 2.75) is 19.3 Å². The second-order valence-corrected chi connectivity index (χ2v) is 6.43. The van der Waals surface area contributed by atoms with Gasteiger partial charge in [0.05, 0.1) is 12.1 Å². The van der Waals surface area contributed by atoms with Gasteiger partial charge >= 0.3 is 0 Å². The van der Waals surface area contributed by atoms with E-state index < -0.39 is 0 Å². The maximum Gasteiger partial charge on any atom is 0.225 e. The normalized spacial score (nSPS) is 19.5. The Morgan fingerprint density at radius 1 is 1.44 bits per heavy atom. The summed E-state index contributed by atoms with van der Waals surface area (Å²) in [6, 6.07) is 4.77. The first-order valence-corrected chi connectivity index (χ1v) is 8.26.